The highest BCUT2D eigenvalue weighted by Gasteiger charge is 2.13. The molecule has 16 heavy (non-hydrogen) atoms. The van der Waals surface area contributed by atoms with Crippen LogP contribution in [0, 0.1) is 5.92 Å². The molecule has 0 aliphatic heterocycles. The Hall–Kier alpha value is -1.38. The summed E-state index contributed by atoms with van der Waals surface area (Å²) in [7, 11) is 0. The zero-order chi connectivity index (χ0) is 12.2. The second-order valence-electron chi connectivity index (χ2n) is 3.64. The molecule has 90 valence electrons. The smallest absolute Gasteiger partial charge is 0.306 e. The van der Waals surface area contributed by atoms with Crippen molar-refractivity contribution in [3.63, 3.8) is 0 Å². The number of rotatable bonds is 5. The maximum atomic E-state index is 10.5. The predicted molar refractivity (Wildman–Crippen MR) is 65.2 cm³/mol. The molecule has 0 amide bonds. The van der Waals surface area contributed by atoms with Gasteiger partial charge in [-0.25, -0.2) is 0 Å². The van der Waals surface area contributed by atoms with Crippen LogP contribution in [0.15, 0.2) is 30.6 Å². The highest BCUT2D eigenvalue weighted by Crippen LogP contribution is 2.12. The topological polar surface area (TPSA) is 50.2 Å². The predicted octanol–water partition coefficient (Wildman–Crippen LogP) is 3.37. The lowest BCUT2D eigenvalue weighted by atomic mass is 9.99. The van der Waals surface area contributed by atoms with Crippen molar-refractivity contribution in [1.82, 2.24) is 4.98 Å². The first kappa shape index (κ1) is 14.6. The Morgan fingerprint density at radius 3 is 1.81 bits per heavy atom. The highest BCUT2D eigenvalue weighted by molar-refractivity contribution is 5.69. The van der Waals surface area contributed by atoms with E-state index in [0.717, 1.165) is 25.7 Å². The minimum absolute atomic E-state index is 0.102. The largest absolute Gasteiger partial charge is 0.481 e. The standard InChI is InChI=1S/C8H16O2.C5H5N/c1-3-5-7(6-4-2)8(9)10;1-2-4-6-5-3-1/h7H,3-6H2,1-2H3,(H,9,10);1-5H. The van der Waals surface area contributed by atoms with Gasteiger partial charge >= 0.3 is 5.97 Å². The lowest BCUT2D eigenvalue weighted by molar-refractivity contribution is -0.142. The summed E-state index contributed by atoms with van der Waals surface area (Å²) >= 11 is 0. The molecule has 1 N–H and O–H groups in total. The number of hydrogen-bond donors (Lipinski definition) is 1. The van der Waals surface area contributed by atoms with Gasteiger partial charge in [0.25, 0.3) is 0 Å². The zero-order valence-electron chi connectivity index (χ0n) is 10.1. The minimum atomic E-state index is -0.635. The van der Waals surface area contributed by atoms with Crippen molar-refractivity contribution < 1.29 is 9.90 Å². The third-order valence-electron chi connectivity index (χ3n) is 2.19. The van der Waals surface area contributed by atoms with Crippen LogP contribution < -0.4 is 0 Å². The normalized spacial score (nSPS) is 9.44. The van der Waals surface area contributed by atoms with Gasteiger partial charge in [0.15, 0.2) is 0 Å². The van der Waals surface area contributed by atoms with Crippen LogP contribution in [0.25, 0.3) is 0 Å². The molecule has 0 aliphatic carbocycles. The third kappa shape index (κ3) is 7.97. The fourth-order valence-corrected chi connectivity index (χ4v) is 1.40. The van der Waals surface area contributed by atoms with Gasteiger partial charge < -0.3 is 5.11 Å². The van der Waals surface area contributed by atoms with Crippen LogP contribution in [0.3, 0.4) is 0 Å². The Morgan fingerprint density at radius 1 is 1.12 bits per heavy atom. The van der Waals surface area contributed by atoms with E-state index in [2.05, 4.69) is 4.98 Å². The summed E-state index contributed by atoms with van der Waals surface area (Å²) in [5.41, 5.74) is 0. The van der Waals surface area contributed by atoms with Gasteiger partial charge in [0.1, 0.15) is 0 Å². The van der Waals surface area contributed by atoms with Gasteiger partial charge in [-0.05, 0) is 25.0 Å². The van der Waals surface area contributed by atoms with Crippen LogP contribution in [0.5, 0.6) is 0 Å². The number of hydrogen-bond acceptors (Lipinski definition) is 2. The number of carbonyl (C=O) groups is 1. The molecule has 3 nitrogen and oxygen atoms in total. The van der Waals surface area contributed by atoms with Gasteiger partial charge in [-0.2, -0.15) is 0 Å². The Kier molecular flexibility index (Phi) is 9.27. The first-order valence-electron chi connectivity index (χ1n) is 5.80. The lowest BCUT2D eigenvalue weighted by Crippen LogP contribution is -2.12. The maximum Gasteiger partial charge on any atom is 0.306 e. The average molecular weight is 223 g/mol. The molecule has 0 saturated heterocycles. The van der Waals surface area contributed by atoms with E-state index in [-0.39, 0.29) is 5.92 Å². The van der Waals surface area contributed by atoms with Crippen molar-refractivity contribution in [2.24, 2.45) is 5.92 Å². The number of nitrogens with zero attached hydrogens (tertiary/aromatic N) is 1. The van der Waals surface area contributed by atoms with Gasteiger partial charge in [0, 0.05) is 12.4 Å². The lowest BCUT2D eigenvalue weighted by Gasteiger charge is -2.07. The Bertz CT molecular complexity index is 229. The molecule has 1 heterocycles. The van der Waals surface area contributed by atoms with Crippen LogP contribution in [-0.2, 0) is 4.79 Å². The fraction of sp³-hybridized carbons (Fsp3) is 0.538. The van der Waals surface area contributed by atoms with Crippen LogP contribution in [-0.4, -0.2) is 16.1 Å². The molecule has 1 aromatic rings. The molecular formula is C13H21NO2. The average Bonchev–Trinajstić information content (AvgIpc) is 2.32. The number of aliphatic carboxylic acids is 1. The summed E-state index contributed by atoms with van der Waals surface area (Å²) in [4.78, 5) is 14.3. The Labute approximate surface area is 97.5 Å². The Balaban J connectivity index is 0.000000315. The summed E-state index contributed by atoms with van der Waals surface area (Å²) in [5, 5.41) is 8.64. The molecule has 0 saturated carbocycles. The van der Waals surface area contributed by atoms with Crippen molar-refractivity contribution in [3.8, 4) is 0 Å². The SMILES string of the molecule is CCCC(CCC)C(=O)O.c1ccncc1. The van der Waals surface area contributed by atoms with Crippen molar-refractivity contribution in [3.05, 3.63) is 30.6 Å². The van der Waals surface area contributed by atoms with E-state index < -0.39 is 5.97 Å². The molecule has 0 aromatic carbocycles. The van der Waals surface area contributed by atoms with E-state index in [4.69, 9.17) is 5.11 Å². The van der Waals surface area contributed by atoms with Crippen LogP contribution in [0.4, 0.5) is 0 Å². The Morgan fingerprint density at radius 2 is 1.62 bits per heavy atom. The quantitative estimate of drug-likeness (QED) is 0.832. The van der Waals surface area contributed by atoms with E-state index in [1.54, 1.807) is 12.4 Å². The van der Waals surface area contributed by atoms with Crippen LogP contribution >= 0.6 is 0 Å². The third-order valence-corrected chi connectivity index (χ3v) is 2.19. The van der Waals surface area contributed by atoms with E-state index in [0.29, 0.717) is 0 Å². The first-order valence-corrected chi connectivity index (χ1v) is 5.80. The number of aromatic nitrogens is 1. The van der Waals surface area contributed by atoms with Crippen LogP contribution in [0.1, 0.15) is 39.5 Å². The summed E-state index contributed by atoms with van der Waals surface area (Å²) in [6.45, 7) is 4.04. The minimum Gasteiger partial charge on any atom is -0.481 e. The molecule has 1 aromatic heterocycles. The van der Waals surface area contributed by atoms with E-state index in [1.165, 1.54) is 0 Å². The maximum absolute atomic E-state index is 10.5. The van der Waals surface area contributed by atoms with Crippen molar-refractivity contribution in [2.75, 3.05) is 0 Å². The zero-order valence-corrected chi connectivity index (χ0v) is 10.1. The molecule has 0 atom stereocenters. The molecule has 0 spiro atoms. The number of carboxylic acids is 1. The van der Waals surface area contributed by atoms with Crippen molar-refractivity contribution in [2.45, 2.75) is 39.5 Å². The molecular weight excluding hydrogens is 202 g/mol. The number of carboxylic acid groups (broad SMARTS) is 1. The summed E-state index contributed by atoms with van der Waals surface area (Å²) in [5.74, 6) is -0.737. The molecule has 0 bridgehead atoms. The molecule has 1 rings (SSSR count). The van der Waals surface area contributed by atoms with Crippen molar-refractivity contribution >= 4 is 5.97 Å². The van der Waals surface area contributed by atoms with Gasteiger partial charge in [-0.15, -0.1) is 0 Å². The monoisotopic (exact) mass is 223 g/mol. The molecule has 3 heteroatoms. The first-order chi connectivity index (χ1) is 7.72. The summed E-state index contributed by atoms with van der Waals surface area (Å²) < 4.78 is 0. The van der Waals surface area contributed by atoms with Crippen LogP contribution in [0.2, 0.25) is 0 Å². The molecule has 0 radical (unpaired) electrons. The van der Waals surface area contributed by atoms with E-state index >= 15 is 0 Å². The molecule has 0 fully saturated rings. The summed E-state index contributed by atoms with van der Waals surface area (Å²) in [6, 6.07) is 5.72. The highest BCUT2D eigenvalue weighted by atomic mass is 16.4. The van der Waals surface area contributed by atoms with Gasteiger partial charge in [0.05, 0.1) is 5.92 Å². The van der Waals surface area contributed by atoms with Crippen molar-refractivity contribution in [1.29, 1.82) is 0 Å². The van der Waals surface area contributed by atoms with Gasteiger partial charge in [-0.3, -0.25) is 9.78 Å². The molecule has 0 aliphatic rings. The summed E-state index contributed by atoms with van der Waals surface area (Å²) in [6.07, 6.45) is 7.08. The van der Waals surface area contributed by atoms with Gasteiger partial charge in [-0.1, -0.05) is 32.8 Å². The second-order valence-corrected chi connectivity index (χ2v) is 3.64. The van der Waals surface area contributed by atoms with Gasteiger partial charge in [0.2, 0.25) is 0 Å². The fourth-order valence-electron chi connectivity index (χ4n) is 1.40. The van der Waals surface area contributed by atoms with E-state index in [9.17, 15) is 4.79 Å². The second kappa shape index (κ2) is 10.1. The number of pyridine rings is 1. The molecule has 0 unspecified atom stereocenters. The van der Waals surface area contributed by atoms with E-state index in [1.807, 2.05) is 32.0 Å².